The van der Waals surface area contributed by atoms with Crippen LogP contribution in [0.4, 0.5) is 19.3 Å². The van der Waals surface area contributed by atoms with Gasteiger partial charge >= 0.3 is 11.5 Å². The lowest BCUT2D eigenvalue weighted by Gasteiger charge is -2.28. The summed E-state index contributed by atoms with van der Waals surface area (Å²) >= 11 is 18.6. The van der Waals surface area contributed by atoms with Gasteiger partial charge in [0.25, 0.3) is 11.5 Å². The number of halogens is 5. The van der Waals surface area contributed by atoms with Crippen LogP contribution in [0.2, 0.25) is 10.0 Å². The molecule has 3 aromatic rings. The predicted molar refractivity (Wildman–Crippen MR) is 152 cm³/mol. The molecule has 216 valence electrons. The first-order chi connectivity index (χ1) is 19.5. The molecule has 0 saturated carbocycles. The molecule has 0 aliphatic carbocycles. The van der Waals surface area contributed by atoms with Gasteiger partial charge in [-0.3, -0.25) is 14.5 Å². The van der Waals surface area contributed by atoms with Gasteiger partial charge < -0.3 is 19.4 Å². The zero-order valence-corrected chi connectivity index (χ0v) is 24.5. The Morgan fingerprint density at radius 2 is 1.83 bits per heavy atom. The quantitative estimate of drug-likeness (QED) is 0.278. The monoisotopic (exact) mass is 643 g/mol. The number of anilines is 1. The van der Waals surface area contributed by atoms with Crippen molar-refractivity contribution >= 4 is 64.3 Å². The zero-order chi connectivity index (χ0) is 29.5. The van der Waals surface area contributed by atoms with Crippen molar-refractivity contribution in [2.24, 2.45) is 0 Å². The van der Waals surface area contributed by atoms with E-state index < -0.39 is 28.6 Å². The second-order valence-corrected chi connectivity index (χ2v) is 11.5. The highest BCUT2D eigenvalue weighted by Crippen LogP contribution is 2.42. The fourth-order valence-electron chi connectivity index (χ4n) is 4.63. The van der Waals surface area contributed by atoms with Crippen LogP contribution in [0.3, 0.4) is 0 Å². The van der Waals surface area contributed by atoms with Crippen molar-refractivity contribution in [2.75, 3.05) is 24.7 Å². The second kappa shape index (κ2) is 11.7. The van der Waals surface area contributed by atoms with Crippen LogP contribution < -0.4 is 15.2 Å². The molecule has 1 aromatic heterocycles. The number of amides is 2. The largest absolute Gasteiger partial charge is 0.492 e. The van der Waals surface area contributed by atoms with Gasteiger partial charge in [-0.15, -0.1) is 0 Å². The van der Waals surface area contributed by atoms with Crippen LogP contribution in [0.5, 0.6) is 5.75 Å². The Balaban J connectivity index is 1.52. The second-order valence-electron chi connectivity index (χ2n) is 9.20. The van der Waals surface area contributed by atoms with Gasteiger partial charge in [0, 0.05) is 29.4 Å². The first-order valence-electron chi connectivity index (χ1n) is 12.5. The van der Waals surface area contributed by atoms with E-state index in [-0.39, 0.29) is 38.5 Å². The number of carbonyl (C=O) groups is 2. The summed E-state index contributed by atoms with van der Waals surface area (Å²) in [6.07, 6.45) is 0.153. The third-order valence-electron chi connectivity index (χ3n) is 6.50. The van der Waals surface area contributed by atoms with E-state index in [0.29, 0.717) is 37.6 Å². The summed E-state index contributed by atoms with van der Waals surface area (Å²) in [7, 11) is 0. The highest BCUT2D eigenvalue weighted by atomic mass is 35.5. The van der Waals surface area contributed by atoms with Crippen molar-refractivity contribution in [3.63, 3.8) is 0 Å². The number of pyridine rings is 1. The maximum absolute atomic E-state index is 14.0. The summed E-state index contributed by atoms with van der Waals surface area (Å²) in [5.74, 6) is -0.245. The van der Waals surface area contributed by atoms with Gasteiger partial charge in [0.2, 0.25) is 0 Å². The molecule has 2 aliphatic rings. The molecule has 5 rings (SSSR count). The number of fused-ring (bicyclic) bond motifs is 1. The van der Waals surface area contributed by atoms with Crippen molar-refractivity contribution in [1.82, 2.24) is 9.88 Å². The Labute approximate surface area is 252 Å². The lowest BCUT2D eigenvalue weighted by atomic mass is 10.1. The van der Waals surface area contributed by atoms with Crippen LogP contribution >= 0.6 is 46.6 Å². The highest BCUT2D eigenvalue weighted by molar-refractivity contribution is 7.99. The molecule has 1 fully saturated rings. The number of ether oxygens (including phenoxy) is 2. The van der Waals surface area contributed by atoms with Crippen LogP contribution in [0, 0.1) is 0 Å². The summed E-state index contributed by atoms with van der Waals surface area (Å²) in [5, 5.41) is -3.48. The molecule has 8 nitrogen and oxygen atoms in total. The molecular formula is C27H22Cl3F2N3O5S. The number of nitrogens with one attached hydrogen (secondary N) is 1. The van der Waals surface area contributed by atoms with Gasteiger partial charge in [0.15, 0.2) is 0 Å². The standard InChI is InChI=1S/C27H22Cl3F2N3O5S/c1-2-39-19-10-15-13-34(12-14(15)9-18(19)35-7-4-8-40-26(35)38)25(37)22-20(11-21(27(30,31)32)33-24(22)36)41-23-16(28)5-3-6-17(23)29/h3,5-6,9-11H,2,4,7-8,12-13H2,1H3,(H,33,36). The maximum Gasteiger partial charge on any atom is 0.414 e. The van der Waals surface area contributed by atoms with Crippen molar-refractivity contribution in [3.8, 4) is 5.75 Å². The number of H-pyrrole nitrogens is 1. The number of aromatic nitrogens is 1. The van der Waals surface area contributed by atoms with Gasteiger partial charge in [-0.2, -0.15) is 8.78 Å². The van der Waals surface area contributed by atoms with Crippen molar-refractivity contribution in [2.45, 2.75) is 41.6 Å². The molecule has 14 heteroatoms. The average molecular weight is 645 g/mol. The molecule has 1 N–H and O–H groups in total. The Morgan fingerprint density at radius 1 is 1.15 bits per heavy atom. The van der Waals surface area contributed by atoms with Crippen LogP contribution in [-0.4, -0.2) is 41.6 Å². The third kappa shape index (κ3) is 5.99. The smallest absolute Gasteiger partial charge is 0.414 e. The molecule has 0 spiro atoms. The Morgan fingerprint density at radius 3 is 2.46 bits per heavy atom. The molecule has 2 aromatic carbocycles. The number of carbonyl (C=O) groups excluding carboxylic acids is 2. The highest BCUT2D eigenvalue weighted by Gasteiger charge is 2.35. The number of hydrogen-bond acceptors (Lipinski definition) is 6. The van der Waals surface area contributed by atoms with Crippen molar-refractivity contribution < 1.29 is 27.8 Å². The number of aromatic amines is 1. The third-order valence-corrected chi connectivity index (χ3v) is 8.74. The van der Waals surface area contributed by atoms with Crippen molar-refractivity contribution in [3.05, 3.63) is 79.2 Å². The van der Waals surface area contributed by atoms with Crippen LogP contribution in [0.15, 0.2) is 51.0 Å². The summed E-state index contributed by atoms with van der Waals surface area (Å²) in [5.41, 5.74) is -0.288. The summed E-state index contributed by atoms with van der Waals surface area (Å²) in [6.45, 7) is 3.14. The minimum atomic E-state index is -3.90. The van der Waals surface area contributed by atoms with E-state index in [1.165, 1.54) is 9.80 Å². The lowest BCUT2D eigenvalue weighted by Crippen LogP contribution is -2.38. The normalized spacial score (nSPS) is 15.1. The summed E-state index contributed by atoms with van der Waals surface area (Å²) in [4.78, 5) is 44.5. The van der Waals surface area contributed by atoms with E-state index in [2.05, 4.69) is 0 Å². The van der Waals surface area contributed by atoms with E-state index in [1.54, 1.807) is 30.3 Å². The molecule has 2 aliphatic heterocycles. The topological polar surface area (TPSA) is 91.9 Å². The maximum atomic E-state index is 14.0. The van der Waals surface area contributed by atoms with Crippen LogP contribution in [0.1, 0.15) is 40.5 Å². The molecule has 0 radical (unpaired) electrons. The number of benzene rings is 2. The molecule has 3 heterocycles. The van der Waals surface area contributed by atoms with Crippen molar-refractivity contribution in [1.29, 1.82) is 0 Å². The molecule has 2 amide bonds. The zero-order valence-electron chi connectivity index (χ0n) is 21.4. The van der Waals surface area contributed by atoms with E-state index >= 15 is 0 Å². The molecule has 0 bridgehead atoms. The Hall–Kier alpha value is -2.99. The van der Waals surface area contributed by atoms with E-state index in [4.69, 9.17) is 44.3 Å². The van der Waals surface area contributed by atoms with Gasteiger partial charge in [0.1, 0.15) is 17.0 Å². The molecule has 0 atom stereocenters. The minimum Gasteiger partial charge on any atom is -0.492 e. The van der Waals surface area contributed by atoms with Gasteiger partial charge in [-0.1, -0.05) is 41.0 Å². The van der Waals surface area contributed by atoms with Gasteiger partial charge in [-0.25, -0.2) is 4.79 Å². The van der Waals surface area contributed by atoms with E-state index in [1.807, 2.05) is 11.9 Å². The molecule has 1 saturated heterocycles. The average Bonchev–Trinajstić information content (AvgIpc) is 3.33. The van der Waals surface area contributed by atoms with Gasteiger partial charge in [-0.05, 0) is 66.4 Å². The Bertz CT molecular complexity index is 1580. The fourth-order valence-corrected chi connectivity index (χ4v) is 6.37. The van der Waals surface area contributed by atoms with Crippen LogP contribution in [0.25, 0.3) is 0 Å². The predicted octanol–water partition coefficient (Wildman–Crippen LogP) is 7.02. The lowest BCUT2D eigenvalue weighted by molar-refractivity contribution is 0.0740. The summed E-state index contributed by atoms with van der Waals surface area (Å²) < 4.78 is 39.0. The fraction of sp³-hybridized carbons (Fsp3) is 0.296. The van der Waals surface area contributed by atoms with E-state index in [0.717, 1.165) is 29.0 Å². The number of cyclic esters (lactones) is 1. The first kappa shape index (κ1) is 29.5. The number of rotatable bonds is 7. The van der Waals surface area contributed by atoms with Crippen LogP contribution in [-0.2, 0) is 23.2 Å². The van der Waals surface area contributed by atoms with E-state index in [9.17, 15) is 23.2 Å². The summed E-state index contributed by atoms with van der Waals surface area (Å²) in [6, 6.07) is 9.16. The van der Waals surface area contributed by atoms with Gasteiger partial charge in [0.05, 0.1) is 28.9 Å². The Kier molecular flexibility index (Phi) is 8.43. The minimum absolute atomic E-state index is 0.0909. The number of alkyl halides is 3. The number of hydrogen-bond donors (Lipinski definition) is 1. The molecular weight excluding hydrogens is 623 g/mol. The first-order valence-corrected chi connectivity index (χ1v) is 14.4. The molecule has 0 unspecified atom stereocenters. The SMILES string of the molecule is CCOc1cc2c(cc1N1CCCOC1=O)CN(C(=O)c1c(Sc3c(Cl)cccc3Cl)cc(C(F)(F)Cl)[nH]c1=O)C2. The molecule has 41 heavy (non-hydrogen) atoms. The number of nitrogens with zero attached hydrogens (tertiary/aromatic N) is 2.